The number of imidazole rings is 4. The van der Waals surface area contributed by atoms with Crippen molar-refractivity contribution in [3.05, 3.63) is 170 Å². The number of rotatable bonds is 0. The van der Waals surface area contributed by atoms with Crippen molar-refractivity contribution in [2.24, 2.45) is 0 Å². The molecule has 46 heavy (non-hydrogen) atoms. The minimum atomic E-state index is 0.753. The number of benzene rings is 4. The fourth-order valence-corrected chi connectivity index (χ4v) is 7.16. The third-order valence-electron chi connectivity index (χ3n) is 9.20. The largest absolute Gasteiger partial charge is 0.247 e. The number of fused-ring (bicyclic) bond motifs is 8. The van der Waals surface area contributed by atoms with E-state index in [9.17, 15) is 0 Å². The van der Waals surface area contributed by atoms with Crippen LogP contribution in [-0.4, -0.2) is 18.3 Å². The van der Waals surface area contributed by atoms with Gasteiger partial charge in [-0.05, 0) is 21.5 Å². The fourth-order valence-electron chi connectivity index (χ4n) is 7.16. The maximum Gasteiger partial charge on any atom is 0.247 e. The van der Waals surface area contributed by atoms with E-state index in [2.05, 4.69) is 184 Å². The number of aromatic nitrogens is 8. The second kappa shape index (κ2) is 11.0. The summed E-state index contributed by atoms with van der Waals surface area (Å²) in [6.45, 7) is 4.77. The lowest BCUT2D eigenvalue weighted by molar-refractivity contribution is -0.912. The van der Waals surface area contributed by atoms with Crippen molar-refractivity contribution in [1.29, 1.82) is 0 Å². The van der Waals surface area contributed by atoms with Crippen LogP contribution in [0.5, 0.6) is 0 Å². The molecule has 9 rings (SSSR count). The van der Waals surface area contributed by atoms with Crippen molar-refractivity contribution >= 4 is 21.5 Å². The van der Waals surface area contributed by atoms with E-state index in [1.807, 2.05) is 0 Å². The van der Waals surface area contributed by atoms with Crippen LogP contribution >= 0.6 is 0 Å². The maximum atomic E-state index is 2.28. The normalized spacial score (nSPS) is 13.6. The molecule has 5 heterocycles. The predicted molar refractivity (Wildman–Crippen MR) is 174 cm³/mol. The molecule has 0 N–H and O–H groups in total. The maximum absolute atomic E-state index is 2.28. The molecule has 224 valence electrons. The monoisotopic (exact) mass is 604 g/mol. The Kier molecular flexibility index (Phi) is 6.36. The molecule has 0 aliphatic carbocycles. The highest BCUT2D eigenvalue weighted by molar-refractivity contribution is 5.89. The van der Waals surface area contributed by atoms with Gasteiger partial charge in [0.15, 0.2) is 0 Å². The van der Waals surface area contributed by atoms with Crippen molar-refractivity contribution in [2.45, 2.75) is 39.5 Å². The average molecular weight is 605 g/mol. The first-order chi connectivity index (χ1) is 22.7. The lowest BCUT2D eigenvalue weighted by Gasteiger charge is -2.10. The Labute approximate surface area is 267 Å². The van der Waals surface area contributed by atoms with Gasteiger partial charge in [0.25, 0.3) is 0 Å². The molecule has 0 radical (unpaired) electrons. The lowest BCUT2D eigenvalue weighted by Crippen LogP contribution is -2.49. The molecule has 0 atom stereocenters. The topological polar surface area (TPSA) is 35.2 Å². The SMILES string of the molecule is c1cc2c3c(cccc3c1)Cn1cc[n+](c1)C[n+]1ccn(c1)Cc1cccc3cccc(c13)Cn1cc[n+](c1)C[n+]1ccn(c1)C2. The Morgan fingerprint density at radius 3 is 0.935 bits per heavy atom. The zero-order valence-corrected chi connectivity index (χ0v) is 25.7. The van der Waals surface area contributed by atoms with Gasteiger partial charge in [0.1, 0.15) is 75.8 Å². The molecule has 8 aromatic rings. The van der Waals surface area contributed by atoms with E-state index in [-0.39, 0.29) is 0 Å². The molecule has 0 fully saturated rings. The van der Waals surface area contributed by atoms with E-state index < -0.39 is 0 Å². The summed E-state index contributed by atoms with van der Waals surface area (Å²) in [5.74, 6) is 0. The van der Waals surface area contributed by atoms with Crippen LogP contribution in [0.1, 0.15) is 22.3 Å². The molecule has 1 aliphatic rings. The molecule has 0 spiro atoms. The molecule has 4 aromatic heterocycles. The first kappa shape index (κ1) is 26.6. The molecule has 0 amide bonds. The zero-order chi connectivity index (χ0) is 30.5. The van der Waals surface area contributed by atoms with E-state index in [0.29, 0.717) is 0 Å². The summed E-state index contributed by atoms with van der Waals surface area (Å²) < 4.78 is 18.1. The molecular weight excluding hydrogens is 568 g/mol. The standard InChI is InChI=1S/C38H36N8/c1-5-31-6-2-10-34-22-40-14-18-44(26-40)30-46-20-16-42(28-46)24-36-12-4-8-32-7-3-11-35(38(32)36)23-41-15-19-45(27-41)29-43-17-13-39(25-43)21-33(9-1)37(31)34/h1-20,25-28H,21-24,29-30H2/q+4. The fraction of sp³-hybridized carbons (Fsp3) is 0.158. The number of hydrogen-bond acceptors (Lipinski definition) is 0. The summed E-state index contributed by atoms with van der Waals surface area (Å²) in [5, 5.41) is 5.24. The van der Waals surface area contributed by atoms with Gasteiger partial charge in [-0.25, -0.2) is 18.3 Å². The molecule has 8 bridgehead atoms. The smallest absolute Gasteiger partial charge is 0.232 e. The number of hydrogen-bond donors (Lipinski definition) is 0. The van der Waals surface area contributed by atoms with Crippen molar-refractivity contribution in [2.75, 3.05) is 0 Å². The highest BCUT2D eigenvalue weighted by Crippen LogP contribution is 2.26. The first-order valence-electron chi connectivity index (χ1n) is 15.9. The molecule has 0 saturated carbocycles. The second-order valence-electron chi connectivity index (χ2n) is 12.5. The van der Waals surface area contributed by atoms with Gasteiger partial charge in [-0.2, -0.15) is 18.3 Å². The van der Waals surface area contributed by atoms with Crippen LogP contribution in [0.15, 0.2) is 148 Å². The van der Waals surface area contributed by atoms with E-state index >= 15 is 0 Å². The third kappa shape index (κ3) is 5.07. The van der Waals surface area contributed by atoms with E-state index in [1.54, 1.807) is 0 Å². The molecule has 1 aliphatic heterocycles. The summed E-state index contributed by atoms with van der Waals surface area (Å²) in [4.78, 5) is 0. The Morgan fingerprint density at radius 2 is 0.652 bits per heavy atom. The Hall–Kier alpha value is -5.76. The molecule has 8 nitrogen and oxygen atoms in total. The van der Waals surface area contributed by atoms with Crippen LogP contribution in [0.2, 0.25) is 0 Å². The van der Waals surface area contributed by atoms with Crippen LogP contribution in [0, 0.1) is 0 Å². The van der Waals surface area contributed by atoms with E-state index in [1.165, 1.54) is 43.8 Å². The van der Waals surface area contributed by atoms with E-state index in [4.69, 9.17) is 0 Å². The molecular formula is C38H36N8+4. The van der Waals surface area contributed by atoms with E-state index in [0.717, 1.165) is 39.5 Å². The zero-order valence-electron chi connectivity index (χ0n) is 25.7. The quantitative estimate of drug-likeness (QED) is 0.236. The minimum absolute atomic E-state index is 0.753. The van der Waals surface area contributed by atoms with Crippen molar-refractivity contribution in [1.82, 2.24) is 18.3 Å². The van der Waals surface area contributed by atoms with Gasteiger partial charge in [-0.15, -0.1) is 0 Å². The van der Waals surface area contributed by atoms with Gasteiger partial charge in [0, 0.05) is 22.3 Å². The van der Waals surface area contributed by atoms with Gasteiger partial charge >= 0.3 is 0 Å². The van der Waals surface area contributed by atoms with Gasteiger partial charge < -0.3 is 0 Å². The molecule has 8 heteroatoms. The lowest BCUT2D eigenvalue weighted by atomic mass is 9.99. The highest BCUT2D eigenvalue weighted by atomic mass is 15.2. The Balaban J connectivity index is 1.12. The van der Waals surface area contributed by atoms with Gasteiger partial charge in [-0.1, -0.05) is 72.8 Å². The van der Waals surface area contributed by atoms with Crippen LogP contribution < -0.4 is 18.3 Å². The van der Waals surface area contributed by atoms with Crippen LogP contribution in [0.25, 0.3) is 21.5 Å². The van der Waals surface area contributed by atoms with Crippen LogP contribution in [0.3, 0.4) is 0 Å². The van der Waals surface area contributed by atoms with Crippen molar-refractivity contribution in [3.8, 4) is 0 Å². The average Bonchev–Trinajstić information content (AvgIpc) is 3.88. The minimum Gasteiger partial charge on any atom is -0.232 e. The van der Waals surface area contributed by atoms with Crippen molar-refractivity contribution < 1.29 is 18.3 Å². The predicted octanol–water partition coefficient (Wildman–Crippen LogP) is 3.87. The van der Waals surface area contributed by atoms with Gasteiger partial charge in [0.05, 0.1) is 0 Å². The Morgan fingerprint density at radius 1 is 0.370 bits per heavy atom. The van der Waals surface area contributed by atoms with Gasteiger partial charge in [0.2, 0.25) is 38.6 Å². The van der Waals surface area contributed by atoms with Gasteiger partial charge in [-0.3, -0.25) is 0 Å². The van der Waals surface area contributed by atoms with Crippen molar-refractivity contribution in [3.63, 3.8) is 0 Å². The molecule has 4 aromatic carbocycles. The third-order valence-corrected chi connectivity index (χ3v) is 9.20. The highest BCUT2D eigenvalue weighted by Gasteiger charge is 2.17. The summed E-state index contributed by atoms with van der Waals surface area (Å²) in [7, 11) is 0. The first-order valence-corrected chi connectivity index (χ1v) is 15.9. The number of nitrogens with zero attached hydrogens (tertiary/aromatic N) is 8. The molecule has 0 unspecified atom stereocenters. The van der Waals surface area contributed by atoms with Crippen LogP contribution in [-0.2, 0) is 39.5 Å². The summed E-state index contributed by atoms with van der Waals surface area (Å²) in [6, 6.07) is 26.7. The summed E-state index contributed by atoms with van der Waals surface area (Å²) in [5.41, 5.74) is 5.32. The van der Waals surface area contributed by atoms with Crippen LogP contribution in [0.4, 0.5) is 0 Å². The summed E-state index contributed by atoms with van der Waals surface area (Å²) in [6.07, 6.45) is 26.2. The molecule has 0 saturated heterocycles. The Bertz CT molecular complexity index is 2030. The second-order valence-corrected chi connectivity index (χ2v) is 12.5. The summed E-state index contributed by atoms with van der Waals surface area (Å²) >= 11 is 0.